The Morgan fingerprint density at radius 2 is 1.93 bits per heavy atom. The molecule has 0 bridgehead atoms. The summed E-state index contributed by atoms with van der Waals surface area (Å²) in [6.45, 7) is 0. The van der Waals surface area contributed by atoms with E-state index in [1.54, 1.807) is 35.9 Å². The van der Waals surface area contributed by atoms with Gasteiger partial charge < -0.3 is 13.9 Å². The van der Waals surface area contributed by atoms with Crippen LogP contribution in [0.4, 0.5) is 0 Å². The first-order valence-electron chi connectivity index (χ1n) is 8.80. The van der Waals surface area contributed by atoms with Crippen LogP contribution < -0.4 is 0 Å². The number of carbonyl (C=O) groups is 2. The van der Waals surface area contributed by atoms with Gasteiger partial charge in [0, 0.05) is 16.7 Å². The highest BCUT2D eigenvalue weighted by Gasteiger charge is 2.24. The van der Waals surface area contributed by atoms with Crippen molar-refractivity contribution in [3.05, 3.63) is 77.2 Å². The molecule has 5 rings (SSSR count). The Bertz CT molecular complexity index is 1360. The molecule has 0 aliphatic carbocycles. The van der Waals surface area contributed by atoms with Gasteiger partial charge in [-0.2, -0.15) is 0 Å². The van der Waals surface area contributed by atoms with Crippen LogP contribution in [0.3, 0.4) is 0 Å². The molecule has 3 aromatic heterocycles. The summed E-state index contributed by atoms with van der Waals surface area (Å²) < 4.78 is 10.9. The number of nitrogens with zero attached hydrogens (tertiary/aromatic N) is 1. The van der Waals surface area contributed by atoms with Gasteiger partial charge in [-0.05, 0) is 52.9 Å². The molecule has 2 aromatic carbocycles. The number of aromatic carboxylic acids is 1. The summed E-state index contributed by atoms with van der Waals surface area (Å²) >= 11 is 1.30. The summed E-state index contributed by atoms with van der Waals surface area (Å²) in [6.07, 6.45) is 1.49. The van der Waals surface area contributed by atoms with Gasteiger partial charge in [-0.3, -0.25) is 4.79 Å². The number of aromatic nitrogens is 1. The van der Waals surface area contributed by atoms with Gasteiger partial charge in [0.25, 0.3) is 5.89 Å². The van der Waals surface area contributed by atoms with Crippen molar-refractivity contribution < 1.29 is 23.5 Å². The number of thiophene rings is 1. The first kappa shape index (κ1) is 17.4. The van der Waals surface area contributed by atoms with Gasteiger partial charge in [0.15, 0.2) is 5.58 Å². The van der Waals surface area contributed by atoms with E-state index in [9.17, 15) is 14.7 Å². The Morgan fingerprint density at radius 1 is 1.07 bits per heavy atom. The van der Waals surface area contributed by atoms with Gasteiger partial charge in [0.1, 0.15) is 11.1 Å². The van der Waals surface area contributed by atoms with Gasteiger partial charge in [-0.25, -0.2) is 9.78 Å². The van der Waals surface area contributed by atoms with Crippen LogP contribution in [0.1, 0.15) is 26.6 Å². The predicted molar refractivity (Wildman–Crippen MR) is 109 cm³/mol. The average molecular weight is 403 g/mol. The Hall–Kier alpha value is -3.71. The Balaban J connectivity index is 1.51. The number of oxazole rings is 1. The fraction of sp³-hybridized carbons (Fsp3) is 0.0455. The molecule has 0 spiro atoms. The number of furan rings is 1. The van der Waals surface area contributed by atoms with Crippen molar-refractivity contribution in [3.63, 3.8) is 0 Å². The highest BCUT2D eigenvalue weighted by molar-refractivity contribution is 7.14. The summed E-state index contributed by atoms with van der Waals surface area (Å²) in [5, 5.41) is 12.4. The number of carboxylic acid groups (broad SMARTS) is 1. The van der Waals surface area contributed by atoms with Crippen LogP contribution in [0.25, 0.3) is 32.5 Å². The number of para-hydroxylation sites is 2. The minimum atomic E-state index is -1.08. The molecule has 0 atom stereocenters. The monoisotopic (exact) mass is 403 g/mol. The number of hydrogen-bond acceptors (Lipinski definition) is 6. The van der Waals surface area contributed by atoms with Gasteiger partial charge >= 0.3 is 5.97 Å². The van der Waals surface area contributed by atoms with E-state index in [0.717, 1.165) is 16.5 Å². The number of rotatable bonds is 5. The third-order valence-electron chi connectivity index (χ3n) is 4.68. The summed E-state index contributed by atoms with van der Waals surface area (Å²) in [4.78, 5) is 29.5. The SMILES string of the molecule is O=C(Cc1csc(-c2ccc3occc3c2)c1C(=O)O)c1nc2ccccc2o1. The standard InChI is InChI=1S/C22H13NO5S/c24-16(21-23-15-3-1-2-4-18(15)28-21)10-14-11-29-20(19(14)22(25)26)13-5-6-17-12(9-13)7-8-27-17/h1-9,11H,10H2,(H,25,26). The molecule has 29 heavy (non-hydrogen) atoms. The summed E-state index contributed by atoms with van der Waals surface area (Å²) in [5.74, 6) is -1.46. The molecule has 0 unspecified atom stereocenters. The third-order valence-corrected chi connectivity index (χ3v) is 5.76. The largest absolute Gasteiger partial charge is 0.478 e. The maximum atomic E-state index is 12.7. The number of benzene rings is 2. The summed E-state index contributed by atoms with van der Waals surface area (Å²) in [7, 11) is 0. The molecule has 0 fully saturated rings. The van der Waals surface area contributed by atoms with E-state index in [4.69, 9.17) is 8.83 Å². The minimum absolute atomic E-state index is 0.0184. The predicted octanol–water partition coefficient (Wildman–Crippen LogP) is 5.43. The molecule has 0 amide bonds. The van der Waals surface area contributed by atoms with Gasteiger partial charge in [0.2, 0.25) is 5.78 Å². The number of carboxylic acids is 1. The van der Waals surface area contributed by atoms with Crippen LogP contribution in [0, 0.1) is 0 Å². The minimum Gasteiger partial charge on any atom is -0.478 e. The van der Waals surface area contributed by atoms with Crippen LogP contribution in [0.2, 0.25) is 0 Å². The second-order valence-corrected chi connectivity index (χ2v) is 7.41. The molecule has 5 aromatic rings. The van der Waals surface area contributed by atoms with Crippen LogP contribution in [-0.4, -0.2) is 21.8 Å². The van der Waals surface area contributed by atoms with Crippen molar-refractivity contribution in [2.75, 3.05) is 0 Å². The molecule has 7 heteroatoms. The van der Waals surface area contributed by atoms with Crippen molar-refractivity contribution >= 4 is 45.2 Å². The normalized spacial score (nSPS) is 11.3. The van der Waals surface area contributed by atoms with E-state index in [1.807, 2.05) is 24.3 Å². The molecule has 3 heterocycles. The Morgan fingerprint density at radius 3 is 2.76 bits per heavy atom. The van der Waals surface area contributed by atoms with E-state index in [0.29, 0.717) is 21.5 Å². The molecule has 6 nitrogen and oxygen atoms in total. The number of Topliss-reactive ketones (excluding diaryl/α,β-unsaturated/α-hetero) is 1. The van der Waals surface area contributed by atoms with Crippen LogP contribution >= 0.6 is 11.3 Å². The third kappa shape index (κ3) is 3.01. The lowest BCUT2D eigenvalue weighted by Crippen LogP contribution is -2.08. The average Bonchev–Trinajstić information content (AvgIpc) is 3.44. The number of carbonyl (C=O) groups excluding carboxylic acids is 1. The smallest absolute Gasteiger partial charge is 0.337 e. The maximum Gasteiger partial charge on any atom is 0.337 e. The van der Waals surface area contributed by atoms with E-state index in [2.05, 4.69) is 4.98 Å². The molecule has 0 saturated heterocycles. The van der Waals surface area contributed by atoms with Crippen molar-refractivity contribution in [1.29, 1.82) is 0 Å². The van der Waals surface area contributed by atoms with Crippen molar-refractivity contribution in [3.8, 4) is 10.4 Å². The lowest BCUT2D eigenvalue weighted by atomic mass is 10.0. The van der Waals surface area contributed by atoms with Crippen LogP contribution in [-0.2, 0) is 6.42 Å². The Labute approximate surface area is 168 Å². The lowest BCUT2D eigenvalue weighted by Gasteiger charge is -2.03. The molecular weight excluding hydrogens is 390 g/mol. The maximum absolute atomic E-state index is 12.7. The molecule has 0 saturated carbocycles. The molecule has 142 valence electrons. The molecule has 0 aliphatic rings. The Kier molecular flexibility index (Phi) is 4.03. The highest BCUT2D eigenvalue weighted by Crippen LogP contribution is 2.35. The number of hydrogen-bond donors (Lipinski definition) is 1. The zero-order valence-corrected chi connectivity index (χ0v) is 15.7. The van der Waals surface area contributed by atoms with E-state index < -0.39 is 5.97 Å². The van der Waals surface area contributed by atoms with Gasteiger partial charge in [-0.1, -0.05) is 12.1 Å². The molecular formula is C22H13NO5S. The zero-order chi connectivity index (χ0) is 20.0. The number of fused-ring (bicyclic) bond motifs is 2. The molecule has 0 aliphatic heterocycles. The summed E-state index contributed by atoms with van der Waals surface area (Å²) in [6, 6.07) is 14.4. The van der Waals surface area contributed by atoms with Crippen LogP contribution in [0.15, 0.2) is 69.0 Å². The first-order valence-corrected chi connectivity index (χ1v) is 9.68. The van der Waals surface area contributed by atoms with E-state index in [1.165, 1.54) is 11.3 Å². The first-order chi connectivity index (χ1) is 14.1. The van der Waals surface area contributed by atoms with Crippen molar-refractivity contribution in [2.24, 2.45) is 0 Å². The molecule has 0 radical (unpaired) electrons. The lowest BCUT2D eigenvalue weighted by molar-refractivity contribution is 0.0697. The zero-order valence-electron chi connectivity index (χ0n) is 14.9. The molecule has 1 N–H and O–H groups in total. The second-order valence-electron chi connectivity index (χ2n) is 6.53. The fourth-order valence-electron chi connectivity index (χ4n) is 3.32. The second kappa shape index (κ2) is 6.72. The van der Waals surface area contributed by atoms with E-state index >= 15 is 0 Å². The van der Waals surface area contributed by atoms with Crippen molar-refractivity contribution in [2.45, 2.75) is 6.42 Å². The van der Waals surface area contributed by atoms with Gasteiger partial charge in [-0.15, -0.1) is 11.3 Å². The van der Waals surface area contributed by atoms with E-state index in [-0.39, 0.29) is 23.7 Å². The fourth-order valence-corrected chi connectivity index (χ4v) is 4.38. The highest BCUT2D eigenvalue weighted by atomic mass is 32.1. The topological polar surface area (TPSA) is 93.5 Å². The quantitative estimate of drug-likeness (QED) is 0.394. The van der Waals surface area contributed by atoms with Gasteiger partial charge in [0.05, 0.1) is 11.8 Å². The summed E-state index contributed by atoms with van der Waals surface area (Å²) in [5.41, 5.74) is 3.18. The van der Waals surface area contributed by atoms with Crippen molar-refractivity contribution in [1.82, 2.24) is 4.98 Å². The number of ketones is 1. The van der Waals surface area contributed by atoms with Crippen LogP contribution in [0.5, 0.6) is 0 Å².